The Morgan fingerprint density at radius 2 is 2.33 bits per heavy atom. The van der Waals surface area contributed by atoms with Crippen LogP contribution >= 0.6 is 0 Å². The number of nitrogens with one attached hydrogen (secondary N) is 1. The summed E-state index contributed by atoms with van der Waals surface area (Å²) in [5.41, 5.74) is 0. The van der Waals surface area contributed by atoms with Crippen molar-refractivity contribution in [2.24, 2.45) is 0 Å². The average molecular weight is 229 g/mol. The lowest BCUT2D eigenvalue weighted by atomic mass is 9.95. The van der Waals surface area contributed by atoms with Crippen molar-refractivity contribution in [2.75, 3.05) is 5.75 Å². The second-order valence-corrected chi connectivity index (χ2v) is 5.87. The van der Waals surface area contributed by atoms with Crippen LogP contribution in [0.1, 0.15) is 32.6 Å². The molecule has 0 aromatic carbocycles. The molecular formula is C11H19NO2S. The fourth-order valence-electron chi connectivity index (χ4n) is 2.01. The molecule has 15 heavy (non-hydrogen) atoms. The highest BCUT2D eigenvalue weighted by atomic mass is 32.2. The highest BCUT2D eigenvalue weighted by molar-refractivity contribution is 7.85. The van der Waals surface area contributed by atoms with Crippen LogP contribution in [-0.2, 0) is 15.6 Å². The van der Waals surface area contributed by atoms with E-state index in [9.17, 15) is 9.00 Å². The Morgan fingerprint density at radius 3 is 2.93 bits per heavy atom. The van der Waals surface area contributed by atoms with Gasteiger partial charge >= 0.3 is 0 Å². The quantitative estimate of drug-likeness (QED) is 0.740. The van der Waals surface area contributed by atoms with E-state index in [0.717, 1.165) is 25.7 Å². The summed E-state index contributed by atoms with van der Waals surface area (Å²) in [6, 6.07) is 0.185. The summed E-state index contributed by atoms with van der Waals surface area (Å²) >= 11 is 0. The first-order valence-corrected chi connectivity index (χ1v) is 6.85. The fraction of sp³-hybridized carbons (Fsp3) is 0.727. The fourth-order valence-corrected chi connectivity index (χ4v) is 3.36. The van der Waals surface area contributed by atoms with Crippen molar-refractivity contribution in [2.45, 2.75) is 43.9 Å². The van der Waals surface area contributed by atoms with Crippen molar-refractivity contribution in [3.63, 3.8) is 0 Å². The van der Waals surface area contributed by atoms with Crippen LogP contribution in [0.15, 0.2) is 12.7 Å². The van der Waals surface area contributed by atoms with Crippen molar-refractivity contribution in [3.8, 4) is 0 Å². The van der Waals surface area contributed by atoms with E-state index in [4.69, 9.17) is 0 Å². The Bertz CT molecular complexity index is 265. The van der Waals surface area contributed by atoms with Crippen molar-refractivity contribution < 1.29 is 9.00 Å². The monoisotopic (exact) mass is 229 g/mol. The van der Waals surface area contributed by atoms with E-state index in [2.05, 4.69) is 11.9 Å². The summed E-state index contributed by atoms with van der Waals surface area (Å²) in [6.07, 6.45) is 5.22. The zero-order valence-corrected chi connectivity index (χ0v) is 10.0. The van der Waals surface area contributed by atoms with Crippen LogP contribution < -0.4 is 5.32 Å². The molecular weight excluding hydrogens is 210 g/mol. The normalized spacial score (nSPS) is 28.1. The minimum Gasteiger partial charge on any atom is -0.350 e. The molecule has 0 bridgehead atoms. The molecule has 1 fully saturated rings. The Hall–Kier alpha value is -0.640. The third-order valence-electron chi connectivity index (χ3n) is 2.81. The van der Waals surface area contributed by atoms with Gasteiger partial charge in [0, 0.05) is 27.8 Å². The molecule has 4 heteroatoms. The van der Waals surface area contributed by atoms with Crippen LogP contribution in [0, 0.1) is 0 Å². The maximum Gasteiger partial charge on any atom is 0.243 e. The van der Waals surface area contributed by atoms with E-state index in [1.165, 1.54) is 6.08 Å². The van der Waals surface area contributed by atoms with Crippen molar-refractivity contribution in [3.05, 3.63) is 12.7 Å². The van der Waals surface area contributed by atoms with Crippen molar-refractivity contribution in [1.82, 2.24) is 5.32 Å². The Labute approximate surface area is 93.8 Å². The third kappa shape index (κ3) is 3.78. The Kier molecular flexibility index (Phi) is 5.02. The summed E-state index contributed by atoms with van der Waals surface area (Å²) in [5, 5.41) is 3.15. The van der Waals surface area contributed by atoms with Crippen LogP contribution in [0.3, 0.4) is 0 Å². The number of carbonyl (C=O) groups is 1. The third-order valence-corrected chi connectivity index (χ3v) is 4.55. The molecule has 1 aliphatic carbocycles. The van der Waals surface area contributed by atoms with Gasteiger partial charge in [0.2, 0.25) is 5.91 Å². The summed E-state index contributed by atoms with van der Waals surface area (Å²) in [7, 11) is -0.728. The number of hydrogen-bond acceptors (Lipinski definition) is 2. The van der Waals surface area contributed by atoms with E-state index < -0.39 is 10.8 Å². The van der Waals surface area contributed by atoms with Gasteiger partial charge in [-0.3, -0.25) is 9.00 Å². The molecule has 3 nitrogen and oxygen atoms in total. The van der Waals surface area contributed by atoms with Gasteiger partial charge in [0.15, 0.2) is 0 Å². The van der Waals surface area contributed by atoms with E-state index in [-0.39, 0.29) is 17.2 Å². The van der Waals surface area contributed by atoms with Crippen molar-refractivity contribution >= 4 is 16.7 Å². The van der Waals surface area contributed by atoms with Gasteiger partial charge in [-0.15, -0.1) is 0 Å². The highest BCUT2D eigenvalue weighted by Gasteiger charge is 2.25. The Morgan fingerprint density at radius 1 is 1.60 bits per heavy atom. The first kappa shape index (κ1) is 12.4. The van der Waals surface area contributed by atoms with Gasteiger partial charge < -0.3 is 5.32 Å². The first-order valence-electron chi connectivity index (χ1n) is 5.47. The van der Waals surface area contributed by atoms with Gasteiger partial charge in [-0.05, 0) is 25.3 Å². The maximum atomic E-state index is 11.6. The van der Waals surface area contributed by atoms with Crippen LogP contribution in [-0.4, -0.2) is 27.2 Å². The predicted molar refractivity (Wildman–Crippen MR) is 63.1 cm³/mol. The number of amides is 1. The minimum atomic E-state index is -0.728. The maximum absolute atomic E-state index is 11.6. The predicted octanol–water partition coefficient (Wildman–Crippen LogP) is 1.37. The summed E-state index contributed by atoms with van der Waals surface area (Å²) in [6.45, 7) is 5.37. The van der Waals surface area contributed by atoms with E-state index >= 15 is 0 Å². The van der Waals surface area contributed by atoms with Crippen LogP contribution in [0.5, 0.6) is 0 Å². The van der Waals surface area contributed by atoms with E-state index in [1.54, 1.807) is 0 Å². The SMILES string of the molecule is C=CC(=O)NC1CCCC(S(=O)CC)C1. The van der Waals surface area contributed by atoms with E-state index in [1.807, 2.05) is 6.92 Å². The lowest BCUT2D eigenvalue weighted by Gasteiger charge is -2.28. The molecule has 0 radical (unpaired) electrons. The van der Waals surface area contributed by atoms with Gasteiger partial charge in [-0.2, -0.15) is 0 Å². The molecule has 1 saturated carbocycles. The van der Waals surface area contributed by atoms with Crippen LogP contribution in [0.2, 0.25) is 0 Å². The van der Waals surface area contributed by atoms with Gasteiger partial charge in [0.25, 0.3) is 0 Å². The molecule has 0 aromatic heterocycles. The molecule has 0 aromatic rings. The van der Waals surface area contributed by atoms with Gasteiger partial charge in [0.1, 0.15) is 0 Å². The van der Waals surface area contributed by atoms with E-state index in [0.29, 0.717) is 5.75 Å². The first-order chi connectivity index (χ1) is 7.17. The molecule has 3 atom stereocenters. The van der Waals surface area contributed by atoms with Crippen molar-refractivity contribution in [1.29, 1.82) is 0 Å². The molecule has 1 amide bonds. The zero-order valence-electron chi connectivity index (χ0n) is 9.20. The highest BCUT2D eigenvalue weighted by Crippen LogP contribution is 2.22. The molecule has 3 unspecified atom stereocenters. The smallest absolute Gasteiger partial charge is 0.243 e. The van der Waals surface area contributed by atoms with Gasteiger partial charge in [0.05, 0.1) is 0 Å². The molecule has 0 heterocycles. The lowest BCUT2D eigenvalue weighted by molar-refractivity contribution is -0.117. The topological polar surface area (TPSA) is 46.2 Å². The molecule has 0 saturated heterocycles. The summed E-state index contributed by atoms with van der Waals surface area (Å²) in [4.78, 5) is 11.1. The molecule has 86 valence electrons. The molecule has 1 N–H and O–H groups in total. The minimum absolute atomic E-state index is 0.122. The molecule has 1 rings (SSSR count). The average Bonchev–Trinajstić information content (AvgIpc) is 2.28. The van der Waals surface area contributed by atoms with Crippen LogP contribution in [0.25, 0.3) is 0 Å². The number of hydrogen-bond donors (Lipinski definition) is 1. The van der Waals surface area contributed by atoms with Gasteiger partial charge in [-0.1, -0.05) is 19.9 Å². The largest absolute Gasteiger partial charge is 0.350 e. The van der Waals surface area contributed by atoms with Crippen LogP contribution in [0.4, 0.5) is 0 Å². The number of carbonyl (C=O) groups excluding carboxylic acids is 1. The second kappa shape index (κ2) is 6.05. The summed E-state index contributed by atoms with van der Waals surface area (Å²) in [5.74, 6) is 0.593. The molecule has 1 aliphatic rings. The molecule has 0 aliphatic heterocycles. The zero-order chi connectivity index (χ0) is 11.3. The van der Waals surface area contributed by atoms with Gasteiger partial charge in [-0.25, -0.2) is 0 Å². The Balaban J connectivity index is 2.45. The molecule has 0 spiro atoms. The standard InChI is InChI=1S/C11H19NO2S/c1-3-11(13)12-9-6-5-7-10(8-9)15(14)4-2/h3,9-10H,1,4-8H2,2H3,(H,12,13). The lowest BCUT2D eigenvalue weighted by Crippen LogP contribution is -2.40. The summed E-state index contributed by atoms with van der Waals surface area (Å²) < 4.78 is 11.6. The second-order valence-electron chi connectivity index (χ2n) is 3.87. The number of rotatable bonds is 4.